The fraction of sp³-hybridized carbons (Fsp3) is 0.429. The van der Waals surface area contributed by atoms with Crippen LogP contribution >= 0.6 is 0 Å². The fourth-order valence-corrected chi connectivity index (χ4v) is 20.3. The van der Waals surface area contributed by atoms with Crippen molar-refractivity contribution in [2.24, 2.45) is 23.7 Å². The summed E-state index contributed by atoms with van der Waals surface area (Å²) in [5.41, 5.74) is 31.1. The van der Waals surface area contributed by atoms with Gasteiger partial charge in [0.1, 0.15) is 0 Å². The van der Waals surface area contributed by atoms with Crippen LogP contribution in [0.25, 0.3) is 55.3 Å². The molecule has 20 rings (SSSR count). The Bertz CT molecular complexity index is 3050. The lowest BCUT2D eigenvalue weighted by molar-refractivity contribution is 0.0685. The van der Waals surface area contributed by atoms with Gasteiger partial charge in [0, 0.05) is 28.6 Å². The van der Waals surface area contributed by atoms with Gasteiger partial charge in [-0.1, -0.05) is 58.7 Å². The van der Waals surface area contributed by atoms with Crippen molar-refractivity contribution < 1.29 is 0 Å². The Morgan fingerprint density at radius 3 is 2.06 bits per heavy atom. The zero-order chi connectivity index (χ0) is 30.1. The minimum absolute atomic E-state index is 0.277. The van der Waals surface area contributed by atoms with E-state index in [0.717, 1.165) is 41.4 Å². The first kappa shape index (κ1) is 22.2. The van der Waals surface area contributed by atoms with E-state index in [2.05, 4.69) is 36.4 Å². The molecule has 2 spiro atoms. The highest BCUT2D eigenvalue weighted by molar-refractivity contribution is 6.24. The van der Waals surface area contributed by atoms with Crippen molar-refractivity contribution in [2.75, 3.05) is 0 Å². The normalized spacial score (nSPS) is 45.1. The van der Waals surface area contributed by atoms with E-state index in [1.807, 2.05) is 110 Å². The van der Waals surface area contributed by atoms with Crippen LogP contribution in [0, 0.1) is 23.7 Å². The molecule has 12 atom stereocenters. The average Bonchev–Trinajstić information content (AvgIpc) is 3.99. The molecule has 230 valence electrons. The van der Waals surface area contributed by atoms with Crippen LogP contribution in [0.15, 0.2) is 36.4 Å². The van der Waals surface area contributed by atoms with E-state index in [1.54, 1.807) is 11.1 Å². The molecule has 0 aromatic heterocycles. The molecular formula is C49H34. The highest BCUT2D eigenvalue weighted by Gasteiger charge is 2.82. The summed E-state index contributed by atoms with van der Waals surface area (Å²) in [4.78, 5) is 0. The summed E-state index contributed by atoms with van der Waals surface area (Å²) in [5.74, 6) is 7.25. The van der Waals surface area contributed by atoms with Gasteiger partial charge in [-0.2, -0.15) is 0 Å². The van der Waals surface area contributed by atoms with E-state index in [4.69, 9.17) is 0 Å². The van der Waals surface area contributed by atoms with Crippen LogP contribution < -0.4 is 20.9 Å². The summed E-state index contributed by atoms with van der Waals surface area (Å²) < 4.78 is 0. The minimum Gasteiger partial charge on any atom is -0.0836 e. The molecule has 4 aromatic rings. The van der Waals surface area contributed by atoms with Crippen LogP contribution in [0.1, 0.15) is 138 Å². The molecule has 0 aliphatic heterocycles. The topological polar surface area (TPSA) is 0 Å². The van der Waals surface area contributed by atoms with Crippen LogP contribution in [0.2, 0.25) is 0 Å². The van der Waals surface area contributed by atoms with Crippen LogP contribution in [-0.4, -0.2) is 0 Å². The predicted octanol–water partition coefficient (Wildman–Crippen LogP) is 7.49. The quantitative estimate of drug-likeness (QED) is 0.157. The van der Waals surface area contributed by atoms with Gasteiger partial charge in [-0.25, -0.2) is 0 Å². The highest BCUT2D eigenvalue weighted by Crippen LogP contribution is 2.87. The first-order valence-electron chi connectivity index (χ1n) is 20.6. The third-order valence-corrected chi connectivity index (χ3v) is 20.2. The van der Waals surface area contributed by atoms with Crippen LogP contribution in [0.5, 0.6) is 0 Å². The number of allylic oxidation sites excluding steroid dienone is 2. The minimum atomic E-state index is 0.277. The number of hydrogen-bond donors (Lipinski definition) is 0. The summed E-state index contributed by atoms with van der Waals surface area (Å²) in [6, 6.07) is 10.1. The Morgan fingerprint density at radius 2 is 1.24 bits per heavy atom. The molecule has 0 radical (unpaired) electrons. The van der Waals surface area contributed by atoms with Crippen molar-refractivity contribution in [2.45, 2.75) is 104 Å². The molecule has 16 aliphatic rings. The number of hydrogen-bond acceptors (Lipinski definition) is 0. The average molecular weight is 623 g/mol. The van der Waals surface area contributed by atoms with Crippen molar-refractivity contribution in [3.8, 4) is 22.3 Å². The molecule has 0 N–H and O–H groups in total. The Kier molecular flexibility index (Phi) is 2.66. The Morgan fingerprint density at radius 1 is 0.510 bits per heavy atom. The molecule has 10 unspecified atom stereocenters. The second kappa shape index (κ2) is 5.85. The molecule has 49 heavy (non-hydrogen) atoms. The second-order valence-electron chi connectivity index (χ2n) is 19.9. The van der Waals surface area contributed by atoms with Gasteiger partial charge in [-0.3, -0.25) is 0 Å². The summed E-state index contributed by atoms with van der Waals surface area (Å²) in [6.07, 6.45) is 18.3. The second-order valence-corrected chi connectivity index (χ2v) is 19.9. The van der Waals surface area contributed by atoms with Crippen molar-refractivity contribution in [3.05, 3.63) is 102 Å². The molecule has 2 saturated carbocycles. The molecule has 4 aromatic carbocycles. The van der Waals surface area contributed by atoms with E-state index in [9.17, 15) is 0 Å². The predicted molar refractivity (Wildman–Crippen MR) is 191 cm³/mol. The van der Waals surface area contributed by atoms with Gasteiger partial charge in [0.15, 0.2) is 0 Å². The van der Waals surface area contributed by atoms with Crippen molar-refractivity contribution >= 4 is 33.1 Å². The van der Waals surface area contributed by atoms with Crippen molar-refractivity contribution in [3.63, 3.8) is 0 Å². The van der Waals surface area contributed by atoms with Crippen LogP contribution in [0.3, 0.4) is 0 Å². The molecule has 2 fully saturated rings. The lowest BCUT2D eigenvalue weighted by Gasteiger charge is -2.64. The van der Waals surface area contributed by atoms with E-state index in [0.29, 0.717) is 17.8 Å². The monoisotopic (exact) mass is 622 g/mol. The molecule has 16 aliphatic carbocycles. The van der Waals surface area contributed by atoms with Gasteiger partial charge in [-0.05, 0) is 198 Å². The number of benzene rings is 4. The molecule has 0 saturated heterocycles. The third kappa shape index (κ3) is 1.51. The van der Waals surface area contributed by atoms with Crippen molar-refractivity contribution in [1.82, 2.24) is 0 Å². The molecule has 0 heteroatoms. The Labute approximate surface area is 284 Å². The fourth-order valence-electron chi connectivity index (χ4n) is 20.3. The largest absolute Gasteiger partial charge is 0.0836 e. The van der Waals surface area contributed by atoms with E-state index < -0.39 is 0 Å². The van der Waals surface area contributed by atoms with Gasteiger partial charge in [0.05, 0.1) is 0 Å². The van der Waals surface area contributed by atoms with Gasteiger partial charge < -0.3 is 0 Å². The Balaban J connectivity index is 1.21. The van der Waals surface area contributed by atoms with Gasteiger partial charge in [-0.15, -0.1) is 0 Å². The summed E-state index contributed by atoms with van der Waals surface area (Å²) in [6.45, 7) is 0. The first-order valence-corrected chi connectivity index (χ1v) is 20.6. The highest BCUT2D eigenvalue weighted by atomic mass is 14.8. The van der Waals surface area contributed by atoms with E-state index in [1.165, 1.54) is 57.8 Å². The molecular weight excluding hydrogens is 589 g/mol. The van der Waals surface area contributed by atoms with Crippen LogP contribution in [-0.2, 0) is 10.8 Å². The maximum absolute atomic E-state index is 2.83. The molecule has 0 heterocycles. The third-order valence-electron chi connectivity index (χ3n) is 20.2. The maximum Gasteiger partial charge on any atom is 0.0209 e. The van der Waals surface area contributed by atoms with Gasteiger partial charge in [0.25, 0.3) is 0 Å². The summed E-state index contributed by atoms with van der Waals surface area (Å²) in [5, 5.41) is 11.3. The lowest BCUT2D eigenvalue weighted by Crippen LogP contribution is -2.63. The zero-order valence-electron chi connectivity index (χ0n) is 27.6. The van der Waals surface area contributed by atoms with E-state index >= 15 is 0 Å². The van der Waals surface area contributed by atoms with Crippen LogP contribution in [0.4, 0.5) is 0 Å². The van der Waals surface area contributed by atoms with E-state index in [-0.39, 0.29) is 10.8 Å². The summed E-state index contributed by atoms with van der Waals surface area (Å²) in [7, 11) is 0. The lowest BCUT2D eigenvalue weighted by atomic mass is 9.38. The summed E-state index contributed by atoms with van der Waals surface area (Å²) >= 11 is 0. The molecule has 0 nitrogen and oxygen atoms in total. The maximum atomic E-state index is 2.83. The van der Waals surface area contributed by atoms with Gasteiger partial charge >= 0.3 is 0 Å². The van der Waals surface area contributed by atoms with Gasteiger partial charge in [0.2, 0.25) is 0 Å². The Hall–Kier alpha value is -3.64. The molecule has 0 amide bonds. The standard InChI is InChI=1S/C49H34/c1-2-4-17-16(3-1)28-15-29(17)49-27-14-13-26-24-11-9-22-20-7-5-18-19-6-8-21-23-10-12-25(27)37-35(23)40-33(21)31(19)38-30(18)32(20)39-34(22)36(24)46(48(26,28)49)44-42(39)41(38)43(40)45(44)47(37)49/h1-5,7,18-21,26-30,32H,6,8-15H2/t18?,19?,20?,21?,26?,27?,28-,29+,30?,32?,48?,49?/m1/s1. The first-order chi connectivity index (χ1) is 24.4. The zero-order valence-corrected chi connectivity index (χ0v) is 27.6. The smallest absolute Gasteiger partial charge is 0.0209 e. The number of fused-ring (bicyclic) bond motifs is 5. The molecule has 2 bridgehead atoms. The van der Waals surface area contributed by atoms with Crippen molar-refractivity contribution in [1.29, 1.82) is 0 Å². The number of rotatable bonds is 0. The SMILES string of the molecule is C1=CC2C3CCC4C5=c6c7c8c9c%10c%11c(c3c4c6%10)C2C2c3c-%11c-9c4c6c3=C(CCC=6C3CCC(C=7CC5)C85[C@H]6C[C@H](c7ccccc76)C435)C12.